The first-order valence-corrected chi connectivity index (χ1v) is 12.1. The zero-order valence-electron chi connectivity index (χ0n) is 20.5. The fourth-order valence-corrected chi connectivity index (χ4v) is 4.55. The maximum Gasteiger partial charge on any atom is 0.295 e. The number of carbonyl (C=O) groups is 2. The Hall–Kier alpha value is -3.62. The zero-order chi connectivity index (χ0) is 25.5. The molecule has 2 aliphatic heterocycles. The van der Waals surface area contributed by atoms with Gasteiger partial charge in [-0.3, -0.25) is 14.5 Å². The molecule has 1 amide bonds. The van der Waals surface area contributed by atoms with E-state index in [0.29, 0.717) is 49.8 Å². The van der Waals surface area contributed by atoms with Gasteiger partial charge >= 0.3 is 0 Å². The van der Waals surface area contributed by atoms with E-state index in [9.17, 15) is 14.7 Å². The number of carbonyl (C=O) groups excluding carboxylic acids is 2. The van der Waals surface area contributed by atoms with E-state index in [1.54, 1.807) is 54.5 Å². The number of morpholine rings is 1. The predicted molar refractivity (Wildman–Crippen MR) is 136 cm³/mol. The summed E-state index contributed by atoms with van der Waals surface area (Å²) in [4.78, 5) is 30.2. The maximum atomic E-state index is 13.2. The Labute approximate surface area is 211 Å². The van der Waals surface area contributed by atoms with Crippen molar-refractivity contribution in [3.05, 3.63) is 77.9 Å². The second-order valence-electron chi connectivity index (χ2n) is 8.70. The highest BCUT2D eigenvalue weighted by Crippen LogP contribution is 2.40. The number of rotatable bonds is 10. The normalized spacial score (nSPS) is 19.9. The number of hydrogen-bond acceptors (Lipinski definition) is 7. The van der Waals surface area contributed by atoms with Gasteiger partial charge in [0.05, 0.1) is 31.9 Å². The van der Waals surface area contributed by atoms with Crippen LogP contribution < -0.4 is 9.47 Å². The second-order valence-corrected chi connectivity index (χ2v) is 8.70. The zero-order valence-corrected chi connectivity index (χ0v) is 20.5. The summed E-state index contributed by atoms with van der Waals surface area (Å²) in [6.45, 7) is 8.29. The molecule has 2 fully saturated rings. The molecule has 190 valence electrons. The van der Waals surface area contributed by atoms with E-state index in [-0.39, 0.29) is 11.3 Å². The van der Waals surface area contributed by atoms with Crippen LogP contribution in [0.3, 0.4) is 0 Å². The molecular formula is C28H32N2O6. The van der Waals surface area contributed by atoms with Crippen molar-refractivity contribution >= 4 is 17.4 Å². The summed E-state index contributed by atoms with van der Waals surface area (Å²) < 4.78 is 16.2. The Morgan fingerprint density at radius 1 is 1.06 bits per heavy atom. The molecule has 2 aliphatic rings. The maximum absolute atomic E-state index is 13.2. The average Bonchev–Trinajstić information content (AvgIpc) is 3.17. The van der Waals surface area contributed by atoms with Crippen LogP contribution in [-0.2, 0) is 14.3 Å². The number of aliphatic hydroxyl groups is 1. The fourth-order valence-electron chi connectivity index (χ4n) is 4.55. The monoisotopic (exact) mass is 492 g/mol. The van der Waals surface area contributed by atoms with Crippen LogP contribution in [0.15, 0.2) is 66.8 Å². The van der Waals surface area contributed by atoms with Crippen LogP contribution in [0, 0.1) is 0 Å². The van der Waals surface area contributed by atoms with Crippen molar-refractivity contribution in [2.24, 2.45) is 0 Å². The average molecular weight is 493 g/mol. The van der Waals surface area contributed by atoms with Gasteiger partial charge in [-0.15, -0.1) is 0 Å². The number of amides is 1. The Morgan fingerprint density at radius 3 is 2.36 bits per heavy atom. The summed E-state index contributed by atoms with van der Waals surface area (Å²) in [6, 6.07) is 13.3. The number of likely N-dealkylation sites (tertiary alicyclic amines) is 1. The van der Waals surface area contributed by atoms with Gasteiger partial charge in [-0.25, -0.2) is 0 Å². The van der Waals surface area contributed by atoms with Crippen molar-refractivity contribution < 1.29 is 28.9 Å². The van der Waals surface area contributed by atoms with Gasteiger partial charge in [-0.1, -0.05) is 24.8 Å². The molecule has 8 heteroatoms. The summed E-state index contributed by atoms with van der Waals surface area (Å²) in [5.74, 6) is -0.225. The number of methoxy groups -OCH3 is 1. The second kappa shape index (κ2) is 11.9. The molecule has 0 saturated carbocycles. The fraction of sp³-hybridized carbons (Fsp3) is 0.357. The molecule has 2 aromatic carbocycles. The Kier molecular flexibility index (Phi) is 8.40. The largest absolute Gasteiger partial charge is 0.507 e. The van der Waals surface area contributed by atoms with Gasteiger partial charge in [0.2, 0.25) is 0 Å². The third kappa shape index (κ3) is 5.61. The molecule has 36 heavy (non-hydrogen) atoms. The third-order valence-electron chi connectivity index (χ3n) is 6.44. The molecule has 0 bridgehead atoms. The van der Waals surface area contributed by atoms with Crippen molar-refractivity contribution in [2.75, 3.05) is 53.1 Å². The minimum absolute atomic E-state index is 0.0799. The van der Waals surface area contributed by atoms with Gasteiger partial charge in [0, 0.05) is 31.7 Å². The van der Waals surface area contributed by atoms with Crippen molar-refractivity contribution in [3.8, 4) is 11.5 Å². The molecule has 8 nitrogen and oxygen atoms in total. The summed E-state index contributed by atoms with van der Waals surface area (Å²) in [5.41, 5.74) is 1.25. The lowest BCUT2D eigenvalue weighted by Gasteiger charge is -2.29. The molecule has 4 rings (SSSR count). The number of Topliss-reactive ketones (excluding diaryl/α,β-unsaturated/α-hetero) is 1. The van der Waals surface area contributed by atoms with Crippen LogP contribution in [0.1, 0.15) is 23.6 Å². The molecule has 2 aromatic rings. The molecule has 0 unspecified atom stereocenters. The SMILES string of the molecule is C=CCOc1ccc(/C(O)=C2\C(=O)C(=O)N(CCCN3CCOCC3)[C@H]2c2ccc(OC)cc2)cc1. The van der Waals surface area contributed by atoms with Crippen LogP contribution in [-0.4, -0.2) is 79.7 Å². The topological polar surface area (TPSA) is 88.5 Å². The van der Waals surface area contributed by atoms with E-state index in [1.807, 2.05) is 12.1 Å². The molecule has 0 aliphatic carbocycles. The number of ketones is 1. The van der Waals surface area contributed by atoms with Gasteiger partial charge in [-0.05, 0) is 48.4 Å². The van der Waals surface area contributed by atoms with Crippen LogP contribution >= 0.6 is 0 Å². The molecule has 1 atom stereocenters. The summed E-state index contributed by atoms with van der Waals surface area (Å²) in [7, 11) is 1.58. The molecule has 2 saturated heterocycles. The number of aliphatic hydroxyl groups excluding tert-OH is 1. The van der Waals surface area contributed by atoms with Gasteiger partial charge < -0.3 is 24.2 Å². The molecule has 0 spiro atoms. The standard InChI is InChI=1S/C28H32N2O6/c1-3-17-36-23-11-7-21(8-12-23)26(31)24-25(20-5-9-22(34-2)10-6-20)30(28(33)27(24)32)14-4-13-29-15-18-35-19-16-29/h3,5-12,25,31H,1,4,13-19H2,2H3/b26-24+/t25-/m0/s1. The quantitative estimate of drug-likeness (QED) is 0.235. The van der Waals surface area contributed by atoms with E-state index in [1.165, 1.54) is 0 Å². The summed E-state index contributed by atoms with van der Waals surface area (Å²) >= 11 is 0. The first kappa shape index (κ1) is 25.5. The van der Waals surface area contributed by atoms with E-state index < -0.39 is 17.7 Å². The van der Waals surface area contributed by atoms with Crippen LogP contribution in [0.2, 0.25) is 0 Å². The summed E-state index contributed by atoms with van der Waals surface area (Å²) in [5, 5.41) is 11.2. The van der Waals surface area contributed by atoms with E-state index in [0.717, 1.165) is 25.2 Å². The van der Waals surface area contributed by atoms with Crippen molar-refractivity contribution in [1.82, 2.24) is 9.80 Å². The van der Waals surface area contributed by atoms with Gasteiger partial charge in [0.25, 0.3) is 11.7 Å². The lowest BCUT2D eigenvalue weighted by atomic mass is 9.95. The van der Waals surface area contributed by atoms with Crippen molar-refractivity contribution in [2.45, 2.75) is 12.5 Å². The Morgan fingerprint density at radius 2 is 1.72 bits per heavy atom. The van der Waals surface area contributed by atoms with Crippen LogP contribution in [0.5, 0.6) is 11.5 Å². The number of ether oxygens (including phenoxy) is 3. The predicted octanol–water partition coefficient (Wildman–Crippen LogP) is 3.40. The van der Waals surface area contributed by atoms with Gasteiger partial charge in [-0.2, -0.15) is 0 Å². The smallest absolute Gasteiger partial charge is 0.295 e. The highest BCUT2D eigenvalue weighted by Gasteiger charge is 2.45. The van der Waals surface area contributed by atoms with Gasteiger partial charge in [0.1, 0.15) is 23.9 Å². The first-order chi connectivity index (χ1) is 17.5. The Balaban J connectivity index is 1.64. The lowest BCUT2D eigenvalue weighted by Crippen LogP contribution is -2.38. The Bertz CT molecular complexity index is 1100. The minimum Gasteiger partial charge on any atom is -0.507 e. The molecule has 0 radical (unpaired) electrons. The molecule has 2 heterocycles. The highest BCUT2D eigenvalue weighted by atomic mass is 16.5. The number of nitrogens with zero attached hydrogens (tertiary/aromatic N) is 2. The van der Waals surface area contributed by atoms with E-state index in [4.69, 9.17) is 14.2 Å². The van der Waals surface area contributed by atoms with Crippen molar-refractivity contribution in [1.29, 1.82) is 0 Å². The van der Waals surface area contributed by atoms with Gasteiger partial charge in [0.15, 0.2) is 0 Å². The highest BCUT2D eigenvalue weighted by molar-refractivity contribution is 6.46. The van der Waals surface area contributed by atoms with Crippen molar-refractivity contribution in [3.63, 3.8) is 0 Å². The summed E-state index contributed by atoms with van der Waals surface area (Å²) in [6.07, 6.45) is 2.35. The molecule has 1 N–H and O–H groups in total. The molecular weight excluding hydrogens is 460 g/mol. The van der Waals surface area contributed by atoms with Crippen LogP contribution in [0.4, 0.5) is 0 Å². The first-order valence-electron chi connectivity index (χ1n) is 12.1. The van der Waals surface area contributed by atoms with E-state index >= 15 is 0 Å². The minimum atomic E-state index is -0.697. The van der Waals surface area contributed by atoms with E-state index in [2.05, 4.69) is 11.5 Å². The molecule has 0 aromatic heterocycles. The number of benzene rings is 2. The number of hydrogen-bond donors (Lipinski definition) is 1. The van der Waals surface area contributed by atoms with Crippen LogP contribution in [0.25, 0.3) is 5.76 Å². The third-order valence-corrected chi connectivity index (χ3v) is 6.44. The lowest BCUT2D eigenvalue weighted by molar-refractivity contribution is -0.140.